The molecule has 2 N–H and O–H groups in total. The van der Waals surface area contributed by atoms with E-state index in [-0.39, 0.29) is 11.4 Å². The summed E-state index contributed by atoms with van der Waals surface area (Å²) in [6, 6.07) is 11.7. The molecule has 2 rings (SSSR count). The molecule has 0 saturated heterocycles. The number of nitrogens with zero attached hydrogens (tertiary/aromatic N) is 2. The maximum absolute atomic E-state index is 12.2. The highest BCUT2D eigenvalue weighted by atomic mass is 16.2. The molecule has 0 spiro atoms. The highest BCUT2D eigenvalue weighted by Gasteiger charge is 2.17. The van der Waals surface area contributed by atoms with Crippen LogP contribution in [0.25, 0.3) is 0 Å². The fourth-order valence-corrected chi connectivity index (χ4v) is 1.95. The van der Waals surface area contributed by atoms with Gasteiger partial charge in [0, 0.05) is 17.8 Å². The van der Waals surface area contributed by atoms with Crippen molar-refractivity contribution in [3.63, 3.8) is 0 Å². The highest BCUT2D eigenvalue weighted by Crippen LogP contribution is 2.09. The highest BCUT2D eigenvalue weighted by molar-refractivity contribution is 5.93. The second-order valence-electron chi connectivity index (χ2n) is 6.26. The molecular weight excluding hydrogens is 276 g/mol. The van der Waals surface area contributed by atoms with Gasteiger partial charge in [0.05, 0.1) is 0 Å². The molecule has 0 saturated carbocycles. The zero-order valence-electron chi connectivity index (χ0n) is 13.5. The van der Waals surface area contributed by atoms with E-state index in [1.807, 2.05) is 58.0 Å². The molecule has 0 aliphatic rings. The summed E-state index contributed by atoms with van der Waals surface area (Å²) in [4.78, 5) is 20.8. The zero-order valence-corrected chi connectivity index (χ0v) is 13.5. The minimum atomic E-state index is -0.298. The molecule has 116 valence electrons. The van der Waals surface area contributed by atoms with Crippen molar-refractivity contribution in [3.8, 4) is 0 Å². The number of carbonyl (C=O) groups excluding carboxylic acids is 1. The van der Waals surface area contributed by atoms with E-state index in [4.69, 9.17) is 0 Å². The van der Waals surface area contributed by atoms with Crippen LogP contribution in [0.2, 0.25) is 0 Å². The number of nitrogens with one attached hydrogen (secondary N) is 2. The summed E-state index contributed by atoms with van der Waals surface area (Å²) in [5.41, 5.74) is 1.96. The van der Waals surface area contributed by atoms with Crippen LogP contribution in [0.5, 0.6) is 0 Å². The minimum absolute atomic E-state index is 0.194. The van der Waals surface area contributed by atoms with Gasteiger partial charge in [-0.3, -0.25) is 4.79 Å². The number of rotatable bonds is 4. The molecule has 5 heteroatoms. The Balaban J connectivity index is 2.11. The normalized spacial score (nSPS) is 11.1. The quantitative estimate of drug-likeness (QED) is 0.910. The Morgan fingerprint density at radius 3 is 2.45 bits per heavy atom. The molecule has 0 radical (unpaired) electrons. The van der Waals surface area contributed by atoms with Gasteiger partial charge >= 0.3 is 0 Å². The van der Waals surface area contributed by atoms with Crippen LogP contribution in [-0.2, 0) is 6.54 Å². The maximum atomic E-state index is 12.2. The van der Waals surface area contributed by atoms with Crippen molar-refractivity contribution in [1.82, 2.24) is 15.3 Å². The van der Waals surface area contributed by atoms with Crippen LogP contribution in [0.4, 0.5) is 5.95 Å². The van der Waals surface area contributed by atoms with Gasteiger partial charge in [-0.1, -0.05) is 30.3 Å². The summed E-state index contributed by atoms with van der Waals surface area (Å²) in [5, 5.41) is 6.06. The first-order chi connectivity index (χ1) is 10.3. The number of aryl methyl sites for hydroxylation is 1. The SMILES string of the molecule is Cc1cc(C(=O)NC(C)(C)C)nc(NCc2ccccc2)n1. The molecular formula is C17H22N4O. The van der Waals surface area contributed by atoms with Gasteiger partial charge in [0.25, 0.3) is 5.91 Å². The van der Waals surface area contributed by atoms with Crippen LogP contribution in [0.1, 0.15) is 42.5 Å². The van der Waals surface area contributed by atoms with E-state index in [1.165, 1.54) is 0 Å². The van der Waals surface area contributed by atoms with Crippen molar-refractivity contribution < 1.29 is 4.79 Å². The Labute approximate surface area is 131 Å². The van der Waals surface area contributed by atoms with Crippen molar-refractivity contribution in [2.24, 2.45) is 0 Å². The number of hydrogen-bond acceptors (Lipinski definition) is 4. The average Bonchev–Trinajstić information content (AvgIpc) is 2.44. The number of amides is 1. The molecule has 1 heterocycles. The summed E-state index contributed by atoms with van der Waals surface area (Å²) >= 11 is 0. The molecule has 1 aromatic carbocycles. The van der Waals surface area contributed by atoms with Gasteiger partial charge in [-0.2, -0.15) is 0 Å². The fourth-order valence-electron chi connectivity index (χ4n) is 1.95. The Morgan fingerprint density at radius 2 is 1.82 bits per heavy atom. The zero-order chi connectivity index (χ0) is 16.2. The third-order valence-electron chi connectivity index (χ3n) is 2.87. The topological polar surface area (TPSA) is 66.9 Å². The van der Waals surface area contributed by atoms with Gasteiger partial charge in [0.15, 0.2) is 0 Å². The molecule has 0 aliphatic carbocycles. The Morgan fingerprint density at radius 1 is 1.14 bits per heavy atom. The predicted octanol–water partition coefficient (Wildman–Crippen LogP) is 2.93. The Bertz CT molecular complexity index is 647. The predicted molar refractivity (Wildman–Crippen MR) is 87.8 cm³/mol. The summed E-state index contributed by atoms with van der Waals surface area (Å²) < 4.78 is 0. The van der Waals surface area contributed by atoms with E-state index < -0.39 is 0 Å². The van der Waals surface area contributed by atoms with E-state index in [0.717, 1.165) is 11.3 Å². The molecule has 0 unspecified atom stereocenters. The molecule has 22 heavy (non-hydrogen) atoms. The molecule has 2 aromatic rings. The van der Waals surface area contributed by atoms with Crippen LogP contribution in [0.3, 0.4) is 0 Å². The molecule has 0 bridgehead atoms. The van der Waals surface area contributed by atoms with Gasteiger partial charge in [-0.25, -0.2) is 9.97 Å². The number of hydrogen-bond donors (Lipinski definition) is 2. The van der Waals surface area contributed by atoms with Gasteiger partial charge in [-0.05, 0) is 39.3 Å². The summed E-state index contributed by atoms with van der Waals surface area (Å²) in [6.07, 6.45) is 0. The minimum Gasteiger partial charge on any atom is -0.350 e. The van der Waals surface area contributed by atoms with Crippen LogP contribution in [0.15, 0.2) is 36.4 Å². The molecule has 1 amide bonds. The summed E-state index contributed by atoms with van der Waals surface area (Å²) in [5.74, 6) is 0.267. The maximum Gasteiger partial charge on any atom is 0.270 e. The second kappa shape index (κ2) is 6.56. The number of benzene rings is 1. The lowest BCUT2D eigenvalue weighted by Crippen LogP contribution is -2.41. The van der Waals surface area contributed by atoms with Crippen molar-refractivity contribution in [2.75, 3.05) is 5.32 Å². The first-order valence-electron chi connectivity index (χ1n) is 7.29. The lowest BCUT2D eigenvalue weighted by Gasteiger charge is -2.20. The van der Waals surface area contributed by atoms with Crippen LogP contribution < -0.4 is 10.6 Å². The third kappa shape index (κ3) is 4.84. The molecule has 0 atom stereocenters. The standard InChI is InChI=1S/C17H22N4O/c1-12-10-14(15(22)21-17(2,3)4)20-16(19-12)18-11-13-8-6-5-7-9-13/h5-10H,11H2,1-4H3,(H,21,22)(H,18,19,20). The number of aromatic nitrogens is 2. The van der Waals surface area contributed by atoms with E-state index >= 15 is 0 Å². The van der Waals surface area contributed by atoms with Crippen LogP contribution >= 0.6 is 0 Å². The van der Waals surface area contributed by atoms with Gasteiger partial charge < -0.3 is 10.6 Å². The molecule has 1 aromatic heterocycles. The van der Waals surface area contributed by atoms with E-state index in [1.54, 1.807) is 6.07 Å². The van der Waals surface area contributed by atoms with Crippen molar-refractivity contribution in [3.05, 3.63) is 53.3 Å². The Kier molecular flexibility index (Phi) is 4.75. The largest absolute Gasteiger partial charge is 0.350 e. The Hall–Kier alpha value is -2.43. The lowest BCUT2D eigenvalue weighted by molar-refractivity contribution is 0.0914. The first kappa shape index (κ1) is 15.9. The fraction of sp³-hybridized carbons (Fsp3) is 0.353. The summed E-state index contributed by atoms with van der Waals surface area (Å²) in [7, 11) is 0. The van der Waals surface area contributed by atoms with Crippen molar-refractivity contribution in [1.29, 1.82) is 0 Å². The van der Waals surface area contributed by atoms with E-state index in [9.17, 15) is 4.79 Å². The number of carbonyl (C=O) groups is 1. The van der Waals surface area contributed by atoms with Gasteiger partial charge in [0.1, 0.15) is 5.69 Å². The van der Waals surface area contributed by atoms with Crippen molar-refractivity contribution >= 4 is 11.9 Å². The lowest BCUT2D eigenvalue weighted by atomic mass is 10.1. The first-order valence-corrected chi connectivity index (χ1v) is 7.29. The van der Waals surface area contributed by atoms with Crippen molar-refractivity contribution in [2.45, 2.75) is 39.8 Å². The van der Waals surface area contributed by atoms with Gasteiger partial charge in [0.2, 0.25) is 5.95 Å². The molecule has 0 fully saturated rings. The monoisotopic (exact) mass is 298 g/mol. The number of anilines is 1. The second-order valence-corrected chi connectivity index (χ2v) is 6.26. The smallest absolute Gasteiger partial charge is 0.270 e. The molecule has 5 nitrogen and oxygen atoms in total. The molecule has 0 aliphatic heterocycles. The van der Waals surface area contributed by atoms with Crippen LogP contribution in [-0.4, -0.2) is 21.4 Å². The third-order valence-corrected chi connectivity index (χ3v) is 2.87. The van der Waals surface area contributed by atoms with E-state index in [0.29, 0.717) is 18.2 Å². The van der Waals surface area contributed by atoms with E-state index in [2.05, 4.69) is 20.6 Å². The summed E-state index contributed by atoms with van der Waals surface area (Å²) in [6.45, 7) is 8.28. The van der Waals surface area contributed by atoms with Gasteiger partial charge in [-0.15, -0.1) is 0 Å². The van der Waals surface area contributed by atoms with Crippen LogP contribution in [0, 0.1) is 6.92 Å². The average molecular weight is 298 g/mol.